The van der Waals surface area contributed by atoms with Crippen molar-refractivity contribution in [2.24, 2.45) is 0 Å². The molecule has 6 heteroatoms. The zero-order valence-electron chi connectivity index (χ0n) is 15.1. The Morgan fingerprint density at radius 1 is 1.04 bits per heavy atom. The molecule has 0 saturated carbocycles. The topological polar surface area (TPSA) is 72.5 Å². The molecular formula is C19H23NO4S. The molecule has 0 aliphatic heterocycles. The SMILES string of the molecule is COC(=O)c1cccc(S(=O)(=O)N[C@@H](C)c2cc(C)c(C)cc2C)c1. The van der Waals surface area contributed by atoms with Crippen molar-refractivity contribution in [1.29, 1.82) is 0 Å². The first-order chi connectivity index (χ1) is 11.7. The van der Waals surface area contributed by atoms with Gasteiger partial charge >= 0.3 is 5.97 Å². The Morgan fingerprint density at radius 3 is 2.32 bits per heavy atom. The summed E-state index contributed by atoms with van der Waals surface area (Å²) in [6.45, 7) is 7.79. The van der Waals surface area contributed by atoms with Crippen LogP contribution < -0.4 is 4.72 Å². The molecule has 25 heavy (non-hydrogen) atoms. The van der Waals surface area contributed by atoms with Gasteiger partial charge in [0.05, 0.1) is 17.6 Å². The fourth-order valence-corrected chi connectivity index (χ4v) is 3.99. The number of methoxy groups -OCH3 is 1. The number of hydrogen-bond acceptors (Lipinski definition) is 4. The predicted molar refractivity (Wildman–Crippen MR) is 97.2 cm³/mol. The Kier molecular flexibility index (Phi) is 5.65. The molecule has 0 unspecified atom stereocenters. The lowest BCUT2D eigenvalue weighted by Crippen LogP contribution is -2.27. The number of hydrogen-bond donors (Lipinski definition) is 1. The monoisotopic (exact) mass is 361 g/mol. The Morgan fingerprint density at radius 2 is 1.68 bits per heavy atom. The van der Waals surface area contributed by atoms with Crippen molar-refractivity contribution in [3.63, 3.8) is 0 Å². The zero-order valence-corrected chi connectivity index (χ0v) is 15.9. The van der Waals surface area contributed by atoms with Crippen molar-refractivity contribution in [3.8, 4) is 0 Å². The maximum Gasteiger partial charge on any atom is 0.337 e. The Balaban J connectivity index is 2.33. The summed E-state index contributed by atoms with van der Waals surface area (Å²) in [5.41, 5.74) is 4.43. The first-order valence-electron chi connectivity index (χ1n) is 7.94. The molecule has 2 rings (SSSR count). The van der Waals surface area contributed by atoms with Gasteiger partial charge in [0.25, 0.3) is 0 Å². The summed E-state index contributed by atoms with van der Waals surface area (Å²) in [6.07, 6.45) is 0. The molecule has 2 aromatic rings. The Hall–Kier alpha value is -2.18. The molecule has 0 fully saturated rings. The normalized spacial score (nSPS) is 12.7. The first-order valence-corrected chi connectivity index (χ1v) is 9.42. The first kappa shape index (κ1) is 19.1. The largest absolute Gasteiger partial charge is 0.465 e. The number of carbonyl (C=O) groups is 1. The van der Waals surface area contributed by atoms with E-state index in [0.29, 0.717) is 0 Å². The van der Waals surface area contributed by atoms with Crippen LogP contribution in [0.2, 0.25) is 0 Å². The number of esters is 1. The van der Waals surface area contributed by atoms with Crippen molar-refractivity contribution in [3.05, 3.63) is 64.2 Å². The van der Waals surface area contributed by atoms with Crippen LogP contribution in [0.15, 0.2) is 41.3 Å². The second kappa shape index (κ2) is 7.37. The molecule has 0 heterocycles. The number of aryl methyl sites for hydroxylation is 3. The van der Waals surface area contributed by atoms with Crippen molar-refractivity contribution in [1.82, 2.24) is 4.72 Å². The van der Waals surface area contributed by atoms with Crippen LogP contribution in [0.25, 0.3) is 0 Å². The molecule has 134 valence electrons. The van der Waals surface area contributed by atoms with Crippen LogP contribution in [-0.4, -0.2) is 21.5 Å². The number of ether oxygens (including phenoxy) is 1. The van der Waals surface area contributed by atoms with Crippen LogP contribution >= 0.6 is 0 Å². The Bertz CT molecular complexity index is 904. The van der Waals surface area contributed by atoms with Gasteiger partial charge in [0.15, 0.2) is 0 Å². The summed E-state index contributed by atoms with van der Waals surface area (Å²) in [5.74, 6) is -0.574. The summed E-state index contributed by atoms with van der Waals surface area (Å²) in [5, 5.41) is 0. The summed E-state index contributed by atoms with van der Waals surface area (Å²) in [6, 6.07) is 9.46. The van der Waals surface area contributed by atoms with E-state index in [1.54, 1.807) is 6.92 Å². The van der Waals surface area contributed by atoms with Gasteiger partial charge in [0.1, 0.15) is 0 Å². The minimum Gasteiger partial charge on any atom is -0.465 e. The van der Waals surface area contributed by atoms with Gasteiger partial charge < -0.3 is 4.74 Å². The highest BCUT2D eigenvalue weighted by atomic mass is 32.2. The number of rotatable bonds is 5. The third-order valence-electron chi connectivity index (χ3n) is 4.25. The van der Waals surface area contributed by atoms with Gasteiger partial charge in [-0.3, -0.25) is 0 Å². The second-order valence-corrected chi connectivity index (χ2v) is 7.87. The molecule has 0 aromatic heterocycles. The van der Waals surface area contributed by atoms with Crippen molar-refractivity contribution in [2.75, 3.05) is 7.11 Å². The molecule has 1 atom stereocenters. The van der Waals surface area contributed by atoms with E-state index in [4.69, 9.17) is 0 Å². The van der Waals surface area contributed by atoms with Gasteiger partial charge in [-0.2, -0.15) is 0 Å². The summed E-state index contributed by atoms with van der Waals surface area (Å²) in [7, 11) is -2.51. The van der Waals surface area contributed by atoms with Crippen LogP contribution in [0.4, 0.5) is 0 Å². The van der Waals surface area contributed by atoms with E-state index in [1.165, 1.54) is 36.9 Å². The molecule has 0 aliphatic carbocycles. The van der Waals surface area contributed by atoms with Crippen molar-refractivity contribution < 1.29 is 17.9 Å². The number of nitrogens with one attached hydrogen (secondary N) is 1. The Labute approximate surface area is 149 Å². The average molecular weight is 361 g/mol. The summed E-state index contributed by atoms with van der Waals surface area (Å²) < 4.78 is 32.7. The standard InChI is InChI=1S/C19H23NO4S/c1-12-9-14(3)18(10-13(12)2)15(4)20-25(22,23)17-8-6-7-16(11-17)19(21)24-5/h6-11,15,20H,1-5H3/t15-/m0/s1. The van der Waals surface area contributed by atoms with E-state index in [1.807, 2.05) is 32.9 Å². The van der Waals surface area contributed by atoms with Gasteiger partial charge in [-0.1, -0.05) is 18.2 Å². The quantitative estimate of drug-likeness (QED) is 0.828. The number of carbonyl (C=O) groups excluding carboxylic acids is 1. The highest BCUT2D eigenvalue weighted by Crippen LogP contribution is 2.23. The van der Waals surface area contributed by atoms with Crippen LogP contribution in [0.5, 0.6) is 0 Å². The number of benzene rings is 2. The fourth-order valence-electron chi connectivity index (χ4n) is 2.72. The lowest BCUT2D eigenvalue weighted by molar-refractivity contribution is 0.0600. The van der Waals surface area contributed by atoms with Crippen LogP contribution in [0.1, 0.15) is 45.6 Å². The highest BCUT2D eigenvalue weighted by molar-refractivity contribution is 7.89. The summed E-state index contributed by atoms with van der Waals surface area (Å²) >= 11 is 0. The molecule has 0 saturated heterocycles. The minimum atomic E-state index is -3.77. The average Bonchev–Trinajstić information content (AvgIpc) is 2.57. The van der Waals surface area contributed by atoms with Gasteiger partial charge in [0.2, 0.25) is 10.0 Å². The van der Waals surface area contributed by atoms with Crippen LogP contribution in [0, 0.1) is 20.8 Å². The molecule has 5 nitrogen and oxygen atoms in total. The molecule has 0 radical (unpaired) electrons. The minimum absolute atomic E-state index is 0.0312. The maximum absolute atomic E-state index is 12.7. The fraction of sp³-hybridized carbons (Fsp3) is 0.316. The molecule has 0 aliphatic rings. The lowest BCUT2D eigenvalue weighted by atomic mass is 9.97. The summed E-state index contributed by atoms with van der Waals surface area (Å²) in [4.78, 5) is 11.6. The van der Waals surface area contributed by atoms with Gasteiger partial charge in [-0.25, -0.2) is 17.9 Å². The van der Waals surface area contributed by atoms with Gasteiger partial charge in [0, 0.05) is 6.04 Å². The van der Waals surface area contributed by atoms with E-state index in [0.717, 1.165) is 16.7 Å². The molecule has 1 N–H and O–H groups in total. The van der Waals surface area contributed by atoms with E-state index in [-0.39, 0.29) is 10.5 Å². The smallest absolute Gasteiger partial charge is 0.337 e. The molecule has 0 bridgehead atoms. The molecule has 0 spiro atoms. The van der Waals surface area contributed by atoms with Crippen LogP contribution in [-0.2, 0) is 14.8 Å². The molecular weight excluding hydrogens is 338 g/mol. The van der Waals surface area contributed by atoms with Gasteiger partial charge in [-0.05, 0) is 68.1 Å². The lowest BCUT2D eigenvalue weighted by Gasteiger charge is -2.18. The third-order valence-corrected chi connectivity index (χ3v) is 5.78. The van der Waals surface area contributed by atoms with E-state index in [2.05, 4.69) is 9.46 Å². The molecule has 2 aromatic carbocycles. The van der Waals surface area contributed by atoms with Crippen molar-refractivity contribution >= 4 is 16.0 Å². The van der Waals surface area contributed by atoms with Crippen LogP contribution in [0.3, 0.4) is 0 Å². The maximum atomic E-state index is 12.7. The van der Waals surface area contributed by atoms with E-state index in [9.17, 15) is 13.2 Å². The third kappa shape index (κ3) is 4.27. The molecule has 0 amide bonds. The zero-order chi connectivity index (χ0) is 18.8. The predicted octanol–water partition coefficient (Wildman–Crippen LogP) is 3.44. The number of sulfonamides is 1. The van der Waals surface area contributed by atoms with E-state index < -0.39 is 22.0 Å². The van der Waals surface area contributed by atoms with Crippen molar-refractivity contribution in [2.45, 2.75) is 38.6 Å². The highest BCUT2D eigenvalue weighted by Gasteiger charge is 2.21. The van der Waals surface area contributed by atoms with E-state index >= 15 is 0 Å². The van der Waals surface area contributed by atoms with Gasteiger partial charge in [-0.15, -0.1) is 0 Å². The second-order valence-electron chi connectivity index (χ2n) is 6.16.